The number of piperidine rings is 1. The highest BCUT2D eigenvalue weighted by atomic mass is 79.9. The van der Waals surface area contributed by atoms with Crippen LogP contribution in [-0.2, 0) is 4.74 Å². The number of nitrogens with zero attached hydrogens (tertiary/aromatic N) is 3. The molecule has 5 rings (SSSR count). The van der Waals surface area contributed by atoms with E-state index in [1.165, 1.54) is 18.4 Å². The first kappa shape index (κ1) is 26.0. The molecule has 37 heavy (non-hydrogen) atoms. The Kier molecular flexibility index (Phi) is 7.76. The normalized spacial score (nSPS) is 15.6. The number of ether oxygens (including phenoxy) is 3. The predicted octanol–water partition coefficient (Wildman–Crippen LogP) is 6.90. The summed E-state index contributed by atoms with van der Waals surface area (Å²) in [5, 5.41) is 1.31. The molecule has 0 spiro atoms. The van der Waals surface area contributed by atoms with E-state index < -0.39 is 12.1 Å². The second-order valence-corrected chi connectivity index (χ2v) is 11.4. The molecule has 0 radical (unpaired) electrons. The number of imidazole rings is 1. The van der Waals surface area contributed by atoms with Gasteiger partial charge < -0.3 is 19.1 Å². The summed E-state index contributed by atoms with van der Waals surface area (Å²) in [7, 11) is 3.48. The molecule has 1 aliphatic heterocycles. The van der Waals surface area contributed by atoms with Gasteiger partial charge in [0.1, 0.15) is 35.0 Å². The highest BCUT2D eigenvalue weighted by Gasteiger charge is 2.25. The second-order valence-electron chi connectivity index (χ2n) is 9.06. The highest BCUT2D eigenvalue weighted by Crippen LogP contribution is 2.39. The van der Waals surface area contributed by atoms with Gasteiger partial charge >= 0.3 is 5.97 Å². The lowest BCUT2D eigenvalue weighted by Crippen LogP contribution is -2.35. The maximum Gasteiger partial charge on any atom is 0.351 e. The molecule has 194 valence electrons. The number of methoxy groups -OCH3 is 1. The Labute approximate surface area is 233 Å². The van der Waals surface area contributed by atoms with Crippen LogP contribution in [0.5, 0.6) is 11.5 Å². The molecule has 4 aromatic rings. The first-order chi connectivity index (χ1) is 17.8. The minimum Gasteiger partial charge on any atom is -0.489 e. The van der Waals surface area contributed by atoms with Crippen molar-refractivity contribution in [3.63, 3.8) is 0 Å². The number of aromatic nitrogens is 2. The van der Waals surface area contributed by atoms with Crippen molar-refractivity contribution in [2.75, 3.05) is 27.2 Å². The molecule has 7 nitrogen and oxygen atoms in total. The minimum atomic E-state index is -0.462. The largest absolute Gasteiger partial charge is 0.489 e. The molecule has 1 aliphatic rings. The van der Waals surface area contributed by atoms with Crippen molar-refractivity contribution in [3.8, 4) is 16.5 Å². The number of fused-ring (bicyclic) bond motifs is 1. The number of hydrogen-bond donors (Lipinski definition) is 0. The number of benzene rings is 2. The number of hydrogen-bond acceptors (Lipinski definition) is 7. The molecule has 1 fully saturated rings. The number of carbonyl (C=O) groups excluding carboxylic acids is 1. The Balaban J connectivity index is 1.42. The van der Waals surface area contributed by atoms with Gasteiger partial charge in [0.2, 0.25) is 0 Å². The fourth-order valence-corrected chi connectivity index (χ4v) is 6.10. The predicted molar refractivity (Wildman–Crippen MR) is 150 cm³/mol. The lowest BCUT2D eigenvalue weighted by Gasteiger charge is -2.30. The zero-order valence-corrected chi connectivity index (χ0v) is 23.9. The number of carbonyl (C=O) groups is 1. The van der Waals surface area contributed by atoms with Gasteiger partial charge in [0.25, 0.3) is 0 Å². The lowest BCUT2D eigenvalue weighted by molar-refractivity contribution is 0.0600. The molecule has 1 atom stereocenters. The van der Waals surface area contributed by atoms with Gasteiger partial charge in [-0.2, -0.15) is 0 Å². The van der Waals surface area contributed by atoms with Crippen LogP contribution in [0.25, 0.3) is 16.0 Å². The quantitative estimate of drug-likeness (QED) is 0.214. The molecular formula is C27H27BrClN3O4S. The van der Waals surface area contributed by atoms with Crippen molar-refractivity contribution < 1.29 is 19.0 Å². The molecular weight excluding hydrogens is 578 g/mol. The van der Waals surface area contributed by atoms with E-state index in [2.05, 4.69) is 32.9 Å². The third-order valence-electron chi connectivity index (χ3n) is 6.50. The SMILES string of the molecule is COC(=O)c1sc(-n2cnc3cc(Br)ccc32)cc1O[C@H](C)c1cccc(OC2CCN(C)CC2)c1Cl. The minimum absolute atomic E-state index is 0.135. The number of likely N-dealkylation sites (tertiary alicyclic amines) is 1. The summed E-state index contributed by atoms with van der Waals surface area (Å²) >= 11 is 11.6. The number of esters is 1. The van der Waals surface area contributed by atoms with Crippen molar-refractivity contribution in [2.45, 2.75) is 32.0 Å². The van der Waals surface area contributed by atoms with Crippen molar-refractivity contribution in [3.05, 3.63) is 68.7 Å². The van der Waals surface area contributed by atoms with Gasteiger partial charge in [-0.05, 0) is 51.1 Å². The molecule has 2 aromatic heterocycles. The van der Waals surface area contributed by atoms with Gasteiger partial charge in [-0.25, -0.2) is 9.78 Å². The zero-order valence-electron chi connectivity index (χ0n) is 20.7. The van der Waals surface area contributed by atoms with Crippen molar-refractivity contribution in [1.29, 1.82) is 0 Å². The summed E-state index contributed by atoms with van der Waals surface area (Å²) in [6.45, 7) is 3.91. The monoisotopic (exact) mass is 603 g/mol. The molecule has 0 saturated carbocycles. The van der Waals surface area contributed by atoms with E-state index in [1.807, 2.05) is 54.0 Å². The maximum atomic E-state index is 12.6. The number of thiophene rings is 1. The van der Waals surface area contributed by atoms with E-state index in [9.17, 15) is 4.79 Å². The van der Waals surface area contributed by atoms with E-state index >= 15 is 0 Å². The van der Waals surface area contributed by atoms with Gasteiger partial charge in [-0.15, -0.1) is 11.3 Å². The average molecular weight is 605 g/mol. The number of halogens is 2. The highest BCUT2D eigenvalue weighted by molar-refractivity contribution is 9.10. The van der Waals surface area contributed by atoms with Gasteiger partial charge in [0.05, 0.1) is 23.2 Å². The van der Waals surface area contributed by atoms with Crippen LogP contribution in [0.1, 0.15) is 41.1 Å². The van der Waals surface area contributed by atoms with Crippen LogP contribution in [0.15, 0.2) is 53.3 Å². The first-order valence-corrected chi connectivity index (χ1v) is 14.0. The summed E-state index contributed by atoms with van der Waals surface area (Å²) in [5.41, 5.74) is 2.54. The second kappa shape index (κ2) is 11.0. The Hall–Kier alpha value is -2.59. The first-order valence-electron chi connectivity index (χ1n) is 12.0. The fraction of sp³-hybridized carbons (Fsp3) is 0.333. The van der Waals surface area contributed by atoms with Crippen molar-refractivity contribution in [2.24, 2.45) is 0 Å². The lowest BCUT2D eigenvalue weighted by atomic mass is 10.1. The van der Waals surface area contributed by atoms with E-state index in [1.54, 1.807) is 6.33 Å². The summed E-state index contributed by atoms with van der Waals surface area (Å²) in [6, 6.07) is 13.4. The van der Waals surface area contributed by atoms with Gasteiger partial charge in [-0.1, -0.05) is 39.7 Å². The molecule has 0 N–H and O–H groups in total. The van der Waals surface area contributed by atoms with E-state index in [-0.39, 0.29) is 6.10 Å². The van der Waals surface area contributed by atoms with E-state index in [4.69, 9.17) is 25.8 Å². The maximum absolute atomic E-state index is 12.6. The topological polar surface area (TPSA) is 65.8 Å². The van der Waals surface area contributed by atoms with Crippen LogP contribution in [0.4, 0.5) is 0 Å². The van der Waals surface area contributed by atoms with Crippen LogP contribution in [0.3, 0.4) is 0 Å². The standard InChI is InChI=1S/C27H27BrClN3O4S/c1-16(19-5-4-6-22(25(19)29)36-18-9-11-31(2)12-10-18)35-23-14-24(37-26(23)27(33)34-3)32-15-30-20-13-17(28)7-8-21(20)32/h4-8,13-16,18H,9-12H2,1-3H3/t16-/m1/s1. The summed E-state index contributed by atoms with van der Waals surface area (Å²) in [4.78, 5) is 19.8. The third kappa shape index (κ3) is 5.50. The van der Waals surface area contributed by atoms with Crippen molar-refractivity contribution >= 4 is 55.9 Å². The average Bonchev–Trinajstić information content (AvgIpc) is 3.49. The van der Waals surface area contributed by atoms with Crippen LogP contribution in [0, 0.1) is 0 Å². The molecule has 0 aliphatic carbocycles. The van der Waals surface area contributed by atoms with Crippen LogP contribution in [-0.4, -0.2) is 53.8 Å². The molecule has 3 heterocycles. The van der Waals surface area contributed by atoms with E-state index in [0.717, 1.165) is 52.0 Å². The van der Waals surface area contributed by atoms with Gasteiger partial charge in [0.15, 0.2) is 4.88 Å². The van der Waals surface area contributed by atoms with Crippen LogP contribution < -0.4 is 9.47 Å². The molecule has 10 heteroatoms. The number of rotatable bonds is 7. The smallest absolute Gasteiger partial charge is 0.351 e. The van der Waals surface area contributed by atoms with Crippen LogP contribution >= 0.6 is 38.9 Å². The van der Waals surface area contributed by atoms with Gasteiger partial charge in [0, 0.05) is 29.2 Å². The summed E-state index contributed by atoms with van der Waals surface area (Å²) in [6.07, 6.45) is 3.36. The summed E-state index contributed by atoms with van der Waals surface area (Å²) in [5.74, 6) is 0.617. The Morgan fingerprint density at radius 3 is 2.73 bits per heavy atom. The third-order valence-corrected chi connectivity index (χ3v) is 8.49. The van der Waals surface area contributed by atoms with Gasteiger partial charge in [-0.3, -0.25) is 4.57 Å². The van der Waals surface area contributed by atoms with E-state index in [0.29, 0.717) is 21.4 Å². The fourth-order valence-electron chi connectivity index (χ4n) is 4.43. The molecule has 1 saturated heterocycles. The molecule has 0 unspecified atom stereocenters. The molecule has 0 amide bonds. The Morgan fingerprint density at radius 1 is 1.19 bits per heavy atom. The molecule has 2 aromatic carbocycles. The summed E-state index contributed by atoms with van der Waals surface area (Å²) < 4.78 is 20.5. The van der Waals surface area contributed by atoms with Crippen LogP contribution in [0.2, 0.25) is 5.02 Å². The molecule has 0 bridgehead atoms. The zero-order chi connectivity index (χ0) is 26.1. The Bertz CT molecular complexity index is 1430. The Morgan fingerprint density at radius 2 is 1.97 bits per heavy atom. The van der Waals surface area contributed by atoms with Crippen molar-refractivity contribution in [1.82, 2.24) is 14.5 Å².